The molecular weight excluding hydrogens is 204 g/mol. The third-order valence-electron chi connectivity index (χ3n) is 2.59. The molecule has 0 bridgehead atoms. The van der Waals surface area contributed by atoms with E-state index in [9.17, 15) is 0 Å². The van der Waals surface area contributed by atoms with Crippen LogP contribution in [-0.4, -0.2) is 17.3 Å². The molecule has 0 aliphatic carbocycles. The molecule has 0 aliphatic rings. The summed E-state index contributed by atoms with van der Waals surface area (Å²) in [5, 5.41) is 4.97. The van der Waals surface area contributed by atoms with Crippen molar-refractivity contribution in [2.24, 2.45) is 0 Å². The predicted octanol–water partition coefficient (Wildman–Crippen LogP) is 3.25. The summed E-state index contributed by atoms with van der Waals surface area (Å²) >= 11 is 1.84. The van der Waals surface area contributed by atoms with E-state index in [1.165, 1.54) is 12.0 Å². The SMILES string of the molecule is CCC(C)Sc1ccc(C(C)NC)cn1. The summed E-state index contributed by atoms with van der Waals surface area (Å²) < 4.78 is 0. The van der Waals surface area contributed by atoms with Crippen LogP contribution in [0.25, 0.3) is 0 Å². The van der Waals surface area contributed by atoms with E-state index in [0.717, 1.165) is 5.03 Å². The van der Waals surface area contributed by atoms with E-state index in [1.807, 2.05) is 25.0 Å². The number of thioether (sulfide) groups is 1. The van der Waals surface area contributed by atoms with Gasteiger partial charge < -0.3 is 5.32 Å². The van der Waals surface area contributed by atoms with Crippen LogP contribution in [0.1, 0.15) is 38.8 Å². The van der Waals surface area contributed by atoms with Crippen LogP contribution < -0.4 is 5.32 Å². The summed E-state index contributed by atoms with van der Waals surface area (Å²) in [6.45, 7) is 6.57. The van der Waals surface area contributed by atoms with Crippen molar-refractivity contribution in [3.8, 4) is 0 Å². The van der Waals surface area contributed by atoms with Crippen LogP contribution >= 0.6 is 11.8 Å². The molecule has 0 aromatic carbocycles. The zero-order chi connectivity index (χ0) is 11.3. The monoisotopic (exact) mass is 224 g/mol. The van der Waals surface area contributed by atoms with Gasteiger partial charge in [0.1, 0.15) is 0 Å². The lowest BCUT2D eigenvalue weighted by atomic mass is 10.1. The van der Waals surface area contributed by atoms with E-state index in [1.54, 1.807) is 0 Å². The van der Waals surface area contributed by atoms with Gasteiger partial charge in [-0.15, -0.1) is 11.8 Å². The molecule has 3 heteroatoms. The standard InChI is InChI=1S/C12H20N2S/c1-5-9(2)15-12-7-6-11(8-14-12)10(3)13-4/h6-10,13H,5H2,1-4H3. The fourth-order valence-electron chi connectivity index (χ4n) is 1.17. The van der Waals surface area contributed by atoms with Gasteiger partial charge in [-0.2, -0.15) is 0 Å². The molecule has 0 radical (unpaired) electrons. The zero-order valence-electron chi connectivity index (χ0n) is 9.95. The quantitative estimate of drug-likeness (QED) is 0.777. The molecule has 0 saturated carbocycles. The van der Waals surface area contributed by atoms with Crippen LogP contribution in [0.2, 0.25) is 0 Å². The van der Waals surface area contributed by atoms with Crippen LogP contribution in [0.3, 0.4) is 0 Å². The maximum absolute atomic E-state index is 4.46. The summed E-state index contributed by atoms with van der Waals surface area (Å²) in [4.78, 5) is 4.46. The second kappa shape index (κ2) is 6.13. The van der Waals surface area contributed by atoms with Crippen molar-refractivity contribution in [2.45, 2.75) is 43.5 Å². The lowest BCUT2D eigenvalue weighted by Crippen LogP contribution is -2.12. The average Bonchev–Trinajstić information content (AvgIpc) is 2.29. The van der Waals surface area contributed by atoms with Crippen molar-refractivity contribution >= 4 is 11.8 Å². The highest BCUT2D eigenvalue weighted by molar-refractivity contribution is 7.99. The van der Waals surface area contributed by atoms with E-state index >= 15 is 0 Å². The van der Waals surface area contributed by atoms with Gasteiger partial charge in [-0.1, -0.05) is 19.9 Å². The molecule has 15 heavy (non-hydrogen) atoms. The second-order valence-electron chi connectivity index (χ2n) is 3.78. The van der Waals surface area contributed by atoms with E-state index in [0.29, 0.717) is 11.3 Å². The first kappa shape index (κ1) is 12.5. The normalized spacial score (nSPS) is 14.9. The molecule has 1 aromatic heterocycles. The Balaban J connectivity index is 2.64. The number of rotatable bonds is 5. The molecule has 0 fully saturated rings. The summed E-state index contributed by atoms with van der Waals surface area (Å²) in [5.41, 5.74) is 1.24. The third kappa shape index (κ3) is 3.84. The fraction of sp³-hybridized carbons (Fsp3) is 0.583. The molecule has 1 heterocycles. The topological polar surface area (TPSA) is 24.9 Å². The smallest absolute Gasteiger partial charge is 0.0962 e. The zero-order valence-corrected chi connectivity index (χ0v) is 10.8. The molecule has 1 N–H and O–H groups in total. The van der Waals surface area contributed by atoms with Gasteiger partial charge in [0, 0.05) is 17.5 Å². The van der Waals surface area contributed by atoms with Crippen LogP contribution in [0, 0.1) is 0 Å². The Morgan fingerprint density at radius 2 is 2.13 bits per heavy atom. The Morgan fingerprint density at radius 1 is 1.40 bits per heavy atom. The van der Waals surface area contributed by atoms with Gasteiger partial charge in [0.25, 0.3) is 0 Å². The molecule has 0 amide bonds. The first-order chi connectivity index (χ1) is 7.17. The molecule has 1 rings (SSSR count). The van der Waals surface area contributed by atoms with Crippen molar-refractivity contribution in [3.05, 3.63) is 23.9 Å². The highest BCUT2D eigenvalue weighted by Crippen LogP contribution is 2.23. The molecule has 1 aromatic rings. The Morgan fingerprint density at radius 3 is 2.60 bits per heavy atom. The number of hydrogen-bond donors (Lipinski definition) is 1. The summed E-state index contributed by atoms with van der Waals surface area (Å²) in [6.07, 6.45) is 3.15. The van der Waals surface area contributed by atoms with E-state index in [-0.39, 0.29) is 0 Å². The van der Waals surface area contributed by atoms with Gasteiger partial charge >= 0.3 is 0 Å². The van der Waals surface area contributed by atoms with Gasteiger partial charge in [0.15, 0.2) is 0 Å². The number of hydrogen-bond acceptors (Lipinski definition) is 3. The summed E-state index contributed by atoms with van der Waals surface area (Å²) in [7, 11) is 1.96. The second-order valence-corrected chi connectivity index (χ2v) is 5.24. The maximum Gasteiger partial charge on any atom is 0.0962 e. The average molecular weight is 224 g/mol. The summed E-state index contributed by atoms with van der Waals surface area (Å²) in [6, 6.07) is 4.64. The Bertz CT molecular complexity index is 284. The number of aromatic nitrogens is 1. The predicted molar refractivity (Wildman–Crippen MR) is 67.3 cm³/mol. The molecule has 2 atom stereocenters. The van der Waals surface area contributed by atoms with Gasteiger partial charge in [0.2, 0.25) is 0 Å². The minimum atomic E-state index is 0.375. The van der Waals surface area contributed by atoms with E-state index in [2.05, 4.69) is 43.2 Å². The Labute approximate surface area is 96.9 Å². The number of nitrogens with zero attached hydrogens (tertiary/aromatic N) is 1. The van der Waals surface area contributed by atoms with Gasteiger partial charge in [-0.05, 0) is 32.0 Å². The first-order valence-corrected chi connectivity index (χ1v) is 6.35. The largest absolute Gasteiger partial charge is 0.313 e. The Hall–Kier alpha value is -0.540. The van der Waals surface area contributed by atoms with Gasteiger partial charge in [-0.25, -0.2) is 4.98 Å². The van der Waals surface area contributed by atoms with Crippen molar-refractivity contribution in [2.75, 3.05) is 7.05 Å². The number of nitrogens with one attached hydrogen (secondary N) is 1. The summed E-state index contributed by atoms with van der Waals surface area (Å²) in [5.74, 6) is 0. The minimum absolute atomic E-state index is 0.375. The van der Waals surface area contributed by atoms with Gasteiger partial charge in [0.05, 0.1) is 5.03 Å². The van der Waals surface area contributed by atoms with Crippen molar-refractivity contribution in [1.29, 1.82) is 0 Å². The van der Waals surface area contributed by atoms with Crippen LogP contribution in [0.5, 0.6) is 0 Å². The molecule has 0 spiro atoms. The van der Waals surface area contributed by atoms with Crippen molar-refractivity contribution < 1.29 is 0 Å². The molecule has 84 valence electrons. The van der Waals surface area contributed by atoms with Crippen LogP contribution in [0.15, 0.2) is 23.4 Å². The van der Waals surface area contributed by atoms with E-state index < -0.39 is 0 Å². The molecule has 0 aliphatic heterocycles. The molecule has 2 nitrogen and oxygen atoms in total. The Kier molecular flexibility index (Phi) is 5.12. The number of pyridine rings is 1. The fourth-order valence-corrected chi connectivity index (χ4v) is 2.01. The lowest BCUT2D eigenvalue weighted by Gasteiger charge is -2.11. The van der Waals surface area contributed by atoms with Crippen molar-refractivity contribution in [3.63, 3.8) is 0 Å². The lowest BCUT2D eigenvalue weighted by molar-refractivity contribution is 0.648. The third-order valence-corrected chi connectivity index (χ3v) is 3.81. The highest BCUT2D eigenvalue weighted by Gasteiger charge is 2.05. The van der Waals surface area contributed by atoms with Crippen LogP contribution in [0.4, 0.5) is 0 Å². The van der Waals surface area contributed by atoms with Crippen molar-refractivity contribution in [1.82, 2.24) is 10.3 Å². The first-order valence-electron chi connectivity index (χ1n) is 5.47. The highest BCUT2D eigenvalue weighted by atomic mass is 32.2. The maximum atomic E-state index is 4.46. The van der Waals surface area contributed by atoms with Crippen LogP contribution in [-0.2, 0) is 0 Å². The van der Waals surface area contributed by atoms with Gasteiger partial charge in [-0.3, -0.25) is 0 Å². The molecule has 0 saturated heterocycles. The van der Waals surface area contributed by atoms with E-state index in [4.69, 9.17) is 0 Å². The molecule has 2 unspecified atom stereocenters. The molecular formula is C12H20N2S. The minimum Gasteiger partial charge on any atom is -0.313 e.